The predicted octanol–water partition coefficient (Wildman–Crippen LogP) is 1.71. The minimum absolute atomic E-state index is 0.0597. The third-order valence-electron chi connectivity index (χ3n) is 2.38. The summed E-state index contributed by atoms with van der Waals surface area (Å²) in [5.41, 5.74) is 2.30. The molecule has 0 amide bonds. The summed E-state index contributed by atoms with van der Waals surface area (Å²) in [6.07, 6.45) is 0.518. The first-order chi connectivity index (χ1) is 6.63. The first kappa shape index (κ1) is 10.9. The molecule has 0 fully saturated rings. The van der Waals surface area contributed by atoms with E-state index in [0.29, 0.717) is 6.42 Å². The second kappa shape index (κ2) is 4.91. The summed E-state index contributed by atoms with van der Waals surface area (Å²) in [5, 5.41) is 2.95. The smallest absolute Gasteiger partial charge is 0.153 e. The lowest BCUT2D eigenvalue weighted by atomic mass is 10.0. The number of benzene rings is 1. The minimum atomic E-state index is -0.0597. The van der Waals surface area contributed by atoms with Crippen LogP contribution in [0.25, 0.3) is 0 Å². The molecule has 1 unspecified atom stereocenters. The van der Waals surface area contributed by atoms with E-state index < -0.39 is 0 Å². The molecule has 1 aromatic carbocycles. The van der Waals surface area contributed by atoms with Crippen molar-refractivity contribution < 1.29 is 4.79 Å². The van der Waals surface area contributed by atoms with Gasteiger partial charge in [0.05, 0.1) is 6.04 Å². The molecule has 1 aromatic rings. The fraction of sp³-hybridized carbons (Fsp3) is 0.417. The average Bonchev–Trinajstić information content (AvgIpc) is 2.16. The minimum Gasteiger partial charge on any atom is -0.311 e. The molecule has 2 heteroatoms. The number of carbonyl (C=O) groups excluding carboxylic acids is 1. The highest BCUT2D eigenvalue weighted by molar-refractivity contribution is 5.85. The average molecular weight is 191 g/mol. The van der Waals surface area contributed by atoms with Crippen LogP contribution in [0.15, 0.2) is 24.3 Å². The number of nitrogens with one attached hydrogen (secondary N) is 1. The number of Topliss-reactive ketones (excluding diaryl/α,β-unsaturated/α-hetero) is 1. The standard InChI is InChI=1S/C12H17NO/c1-9-5-4-6-11(7-9)8-12(14)10(2)13-3/h4-7,10,13H,8H2,1-3H3. The number of carbonyl (C=O) groups is 1. The molecule has 76 valence electrons. The summed E-state index contributed by atoms with van der Waals surface area (Å²) >= 11 is 0. The van der Waals surface area contributed by atoms with E-state index in [1.807, 2.05) is 32.0 Å². The van der Waals surface area contributed by atoms with Crippen LogP contribution >= 0.6 is 0 Å². The molecule has 0 aliphatic carbocycles. The summed E-state index contributed by atoms with van der Waals surface area (Å²) < 4.78 is 0. The molecule has 0 aliphatic heterocycles. The number of hydrogen-bond acceptors (Lipinski definition) is 2. The molecular weight excluding hydrogens is 174 g/mol. The van der Waals surface area contributed by atoms with Crippen molar-refractivity contribution in [3.63, 3.8) is 0 Å². The van der Waals surface area contributed by atoms with Crippen LogP contribution in [0.1, 0.15) is 18.1 Å². The third-order valence-corrected chi connectivity index (χ3v) is 2.38. The van der Waals surface area contributed by atoms with Gasteiger partial charge in [-0.25, -0.2) is 0 Å². The van der Waals surface area contributed by atoms with E-state index in [9.17, 15) is 4.79 Å². The Morgan fingerprint density at radius 3 is 2.79 bits per heavy atom. The first-order valence-corrected chi connectivity index (χ1v) is 4.89. The number of likely N-dealkylation sites (N-methyl/N-ethyl adjacent to an activating group) is 1. The Hall–Kier alpha value is -1.15. The van der Waals surface area contributed by atoms with Gasteiger partial charge in [-0.2, -0.15) is 0 Å². The van der Waals surface area contributed by atoms with Gasteiger partial charge in [0, 0.05) is 6.42 Å². The van der Waals surface area contributed by atoms with E-state index in [4.69, 9.17) is 0 Å². The van der Waals surface area contributed by atoms with Crippen LogP contribution in [0.4, 0.5) is 0 Å². The lowest BCUT2D eigenvalue weighted by molar-refractivity contribution is -0.119. The SMILES string of the molecule is CNC(C)C(=O)Cc1cccc(C)c1. The van der Waals surface area contributed by atoms with E-state index in [0.717, 1.165) is 5.56 Å². The molecule has 0 spiro atoms. The predicted molar refractivity (Wildman–Crippen MR) is 58.4 cm³/mol. The van der Waals surface area contributed by atoms with Crippen molar-refractivity contribution >= 4 is 5.78 Å². The van der Waals surface area contributed by atoms with Gasteiger partial charge in [0.2, 0.25) is 0 Å². The lowest BCUT2D eigenvalue weighted by Crippen LogP contribution is -2.31. The van der Waals surface area contributed by atoms with E-state index in [1.54, 1.807) is 7.05 Å². The first-order valence-electron chi connectivity index (χ1n) is 4.89. The second-order valence-corrected chi connectivity index (χ2v) is 3.64. The van der Waals surface area contributed by atoms with Crippen LogP contribution in [0.3, 0.4) is 0 Å². The molecule has 0 saturated heterocycles. The molecule has 1 rings (SSSR count). The van der Waals surface area contributed by atoms with Crippen LogP contribution in [0, 0.1) is 6.92 Å². The van der Waals surface area contributed by atoms with Gasteiger partial charge in [-0.15, -0.1) is 0 Å². The Morgan fingerprint density at radius 2 is 2.21 bits per heavy atom. The van der Waals surface area contributed by atoms with Gasteiger partial charge in [0.25, 0.3) is 0 Å². The summed E-state index contributed by atoms with van der Waals surface area (Å²) in [4.78, 5) is 11.6. The van der Waals surface area contributed by atoms with Gasteiger partial charge in [0.15, 0.2) is 5.78 Å². The normalized spacial score (nSPS) is 12.5. The zero-order valence-electron chi connectivity index (χ0n) is 9.00. The highest BCUT2D eigenvalue weighted by atomic mass is 16.1. The summed E-state index contributed by atoms with van der Waals surface area (Å²) in [7, 11) is 1.80. The van der Waals surface area contributed by atoms with Crippen molar-refractivity contribution in [3.8, 4) is 0 Å². The number of rotatable bonds is 4. The molecule has 0 bridgehead atoms. The molecule has 1 N–H and O–H groups in total. The van der Waals surface area contributed by atoms with Crippen molar-refractivity contribution in [1.29, 1.82) is 0 Å². The highest BCUT2D eigenvalue weighted by Crippen LogP contribution is 2.05. The van der Waals surface area contributed by atoms with E-state index in [2.05, 4.69) is 11.4 Å². The van der Waals surface area contributed by atoms with Crippen LogP contribution in [-0.2, 0) is 11.2 Å². The quantitative estimate of drug-likeness (QED) is 0.785. The van der Waals surface area contributed by atoms with Crippen LogP contribution in [-0.4, -0.2) is 18.9 Å². The Balaban J connectivity index is 2.65. The molecule has 0 saturated carbocycles. The van der Waals surface area contributed by atoms with Gasteiger partial charge in [0.1, 0.15) is 0 Å². The maximum absolute atomic E-state index is 11.6. The highest BCUT2D eigenvalue weighted by Gasteiger charge is 2.10. The van der Waals surface area contributed by atoms with Crippen LogP contribution < -0.4 is 5.32 Å². The molecule has 1 atom stereocenters. The topological polar surface area (TPSA) is 29.1 Å². The fourth-order valence-corrected chi connectivity index (χ4v) is 1.34. The Bertz CT molecular complexity index is 320. The van der Waals surface area contributed by atoms with Gasteiger partial charge in [-0.05, 0) is 26.5 Å². The molecule has 0 aromatic heterocycles. The van der Waals surface area contributed by atoms with E-state index in [1.165, 1.54) is 5.56 Å². The van der Waals surface area contributed by atoms with Crippen molar-refractivity contribution in [2.45, 2.75) is 26.3 Å². The Kier molecular flexibility index (Phi) is 3.84. The number of ketones is 1. The third kappa shape index (κ3) is 2.96. The molecule has 0 radical (unpaired) electrons. The number of aryl methyl sites for hydroxylation is 1. The van der Waals surface area contributed by atoms with Gasteiger partial charge >= 0.3 is 0 Å². The summed E-state index contributed by atoms with van der Waals surface area (Å²) in [6, 6.07) is 8.01. The van der Waals surface area contributed by atoms with Gasteiger partial charge in [-0.3, -0.25) is 4.79 Å². The largest absolute Gasteiger partial charge is 0.311 e. The summed E-state index contributed by atoms with van der Waals surface area (Å²) in [6.45, 7) is 3.92. The molecular formula is C12H17NO. The van der Waals surface area contributed by atoms with Crippen molar-refractivity contribution in [2.75, 3.05) is 7.05 Å². The van der Waals surface area contributed by atoms with Gasteiger partial charge < -0.3 is 5.32 Å². The zero-order chi connectivity index (χ0) is 10.6. The van der Waals surface area contributed by atoms with Gasteiger partial charge in [-0.1, -0.05) is 29.8 Å². The Labute approximate surface area is 85.3 Å². The van der Waals surface area contributed by atoms with Crippen LogP contribution in [0.5, 0.6) is 0 Å². The van der Waals surface area contributed by atoms with E-state index in [-0.39, 0.29) is 11.8 Å². The summed E-state index contributed by atoms with van der Waals surface area (Å²) in [5.74, 6) is 0.234. The maximum atomic E-state index is 11.6. The van der Waals surface area contributed by atoms with E-state index >= 15 is 0 Å². The monoisotopic (exact) mass is 191 g/mol. The molecule has 14 heavy (non-hydrogen) atoms. The van der Waals surface area contributed by atoms with Crippen molar-refractivity contribution in [2.24, 2.45) is 0 Å². The fourth-order valence-electron chi connectivity index (χ4n) is 1.34. The second-order valence-electron chi connectivity index (χ2n) is 3.64. The van der Waals surface area contributed by atoms with Crippen LogP contribution in [0.2, 0.25) is 0 Å². The maximum Gasteiger partial charge on any atom is 0.153 e. The van der Waals surface area contributed by atoms with Crippen molar-refractivity contribution in [1.82, 2.24) is 5.32 Å². The molecule has 0 heterocycles. The Morgan fingerprint density at radius 1 is 1.50 bits per heavy atom. The number of hydrogen-bond donors (Lipinski definition) is 1. The molecule has 0 aliphatic rings. The lowest BCUT2D eigenvalue weighted by Gasteiger charge is -2.08. The molecule has 2 nitrogen and oxygen atoms in total. The zero-order valence-corrected chi connectivity index (χ0v) is 9.00. The van der Waals surface area contributed by atoms with Crippen molar-refractivity contribution in [3.05, 3.63) is 35.4 Å².